The maximum absolute atomic E-state index is 12.0. The average molecular weight is 213 g/mol. The largest absolute Gasteiger partial charge is 0.426 e. The molecule has 0 heterocycles. The zero-order valence-corrected chi connectivity index (χ0v) is 8.50. The summed E-state index contributed by atoms with van der Waals surface area (Å²) in [6.07, 6.45) is -3.26. The molecule has 0 aliphatic heterocycles. The van der Waals surface area contributed by atoms with Crippen LogP contribution in [-0.2, 0) is 0 Å². The molecule has 4 heteroatoms. The minimum atomic E-state index is -4.39. The second-order valence-corrected chi connectivity index (χ2v) is 4.56. The van der Waals surface area contributed by atoms with Crippen LogP contribution in [0.3, 0.4) is 0 Å². The first-order valence-electron chi connectivity index (χ1n) is 4.12. The van der Waals surface area contributed by atoms with Gasteiger partial charge in [-0.25, -0.2) is 0 Å². The summed E-state index contributed by atoms with van der Waals surface area (Å²) >= 11 is 5.12. The Bertz CT molecular complexity index is 240. The lowest BCUT2D eigenvalue weighted by Crippen LogP contribution is -2.07. The van der Waals surface area contributed by atoms with Crippen LogP contribution < -0.4 is 0 Å². The fourth-order valence-corrected chi connectivity index (χ4v) is 1.69. The fraction of sp³-hybridized carbons (Fsp3) is 0.778. The predicted molar refractivity (Wildman–Crippen MR) is 46.4 cm³/mol. The summed E-state index contributed by atoms with van der Waals surface area (Å²) in [4.78, 5) is 0. The Balaban J connectivity index is 2.70. The average Bonchev–Trinajstić information content (AvgIpc) is 2.36. The van der Waals surface area contributed by atoms with Crippen molar-refractivity contribution >= 4 is 11.6 Å². The van der Waals surface area contributed by atoms with Gasteiger partial charge in [0, 0.05) is 0 Å². The summed E-state index contributed by atoms with van der Waals surface area (Å²) in [6, 6.07) is 0. The topological polar surface area (TPSA) is 0 Å². The van der Waals surface area contributed by atoms with E-state index in [1.807, 2.05) is 20.8 Å². The van der Waals surface area contributed by atoms with E-state index in [9.17, 15) is 13.2 Å². The number of halogens is 4. The highest BCUT2D eigenvalue weighted by Crippen LogP contribution is 2.59. The summed E-state index contributed by atoms with van der Waals surface area (Å²) in [5, 5.41) is -0.991. The first-order valence-corrected chi connectivity index (χ1v) is 4.49. The van der Waals surface area contributed by atoms with E-state index < -0.39 is 11.2 Å². The van der Waals surface area contributed by atoms with Crippen molar-refractivity contribution in [2.24, 2.45) is 17.3 Å². The van der Waals surface area contributed by atoms with Gasteiger partial charge < -0.3 is 0 Å². The zero-order valence-electron chi connectivity index (χ0n) is 7.74. The van der Waals surface area contributed by atoms with Gasteiger partial charge in [0.05, 0.1) is 0 Å². The minimum absolute atomic E-state index is 0.0363. The smallest absolute Gasteiger partial charge is 0.165 e. The lowest BCUT2D eigenvalue weighted by Gasteiger charge is -2.04. The second kappa shape index (κ2) is 2.91. The van der Waals surface area contributed by atoms with Crippen LogP contribution in [-0.4, -0.2) is 6.18 Å². The predicted octanol–water partition coefficient (Wildman–Crippen LogP) is 3.96. The van der Waals surface area contributed by atoms with E-state index in [1.165, 1.54) is 0 Å². The Kier molecular flexibility index (Phi) is 2.44. The van der Waals surface area contributed by atoms with Crippen molar-refractivity contribution in [1.82, 2.24) is 0 Å². The molecular formula is C9H12ClF3. The van der Waals surface area contributed by atoms with E-state index in [2.05, 4.69) is 0 Å². The van der Waals surface area contributed by atoms with Gasteiger partial charge in [0.25, 0.3) is 0 Å². The first-order chi connectivity index (χ1) is 5.67. The molecule has 0 aromatic carbocycles. The highest BCUT2D eigenvalue weighted by atomic mass is 35.5. The van der Waals surface area contributed by atoms with Crippen molar-refractivity contribution in [3.05, 3.63) is 11.1 Å². The minimum Gasteiger partial charge on any atom is -0.165 e. The molecule has 1 aliphatic rings. The molecule has 76 valence electrons. The molecule has 0 radical (unpaired) electrons. The van der Waals surface area contributed by atoms with E-state index in [0.717, 1.165) is 6.08 Å². The Morgan fingerprint density at radius 1 is 1.38 bits per heavy atom. The summed E-state index contributed by atoms with van der Waals surface area (Å²) < 4.78 is 36.0. The molecule has 1 saturated carbocycles. The summed E-state index contributed by atoms with van der Waals surface area (Å²) in [5.41, 5.74) is -0.0363. The molecule has 0 N–H and O–H groups in total. The Hall–Kier alpha value is -0.180. The normalized spacial score (nSPS) is 33.3. The molecule has 0 aromatic rings. The number of rotatable bonds is 1. The van der Waals surface area contributed by atoms with Gasteiger partial charge in [-0.05, 0) is 17.3 Å². The van der Waals surface area contributed by atoms with Gasteiger partial charge in [0.15, 0.2) is 0 Å². The third kappa shape index (κ3) is 2.01. The van der Waals surface area contributed by atoms with Crippen molar-refractivity contribution in [3.8, 4) is 0 Å². The van der Waals surface area contributed by atoms with Crippen molar-refractivity contribution in [3.63, 3.8) is 0 Å². The monoisotopic (exact) mass is 212 g/mol. The number of hydrogen-bond acceptors (Lipinski definition) is 0. The highest BCUT2D eigenvalue weighted by Gasteiger charge is 2.54. The van der Waals surface area contributed by atoms with Crippen molar-refractivity contribution < 1.29 is 13.2 Å². The van der Waals surface area contributed by atoms with Gasteiger partial charge >= 0.3 is 6.18 Å². The standard InChI is InChI=1S/C9H12ClF3/c1-5-6(8(5,2)3)4-7(10)9(11,12)13/h4-6H,1-3H3. The van der Waals surface area contributed by atoms with Crippen LogP contribution >= 0.6 is 11.6 Å². The van der Waals surface area contributed by atoms with E-state index >= 15 is 0 Å². The zero-order chi connectivity index (χ0) is 10.4. The molecule has 13 heavy (non-hydrogen) atoms. The van der Waals surface area contributed by atoms with Crippen LogP contribution in [0.4, 0.5) is 13.2 Å². The number of hydrogen-bond donors (Lipinski definition) is 0. The molecule has 0 amide bonds. The van der Waals surface area contributed by atoms with E-state index in [4.69, 9.17) is 11.6 Å². The van der Waals surface area contributed by atoms with Crippen molar-refractivity contribution in [2.75, 3.05) is 0 Å². The third-order valence-corrected chi connectivity index (χ3v) is 3.40. The van der Waals surface area contributed by atoms with Crippen LogP contribution in [0.1, 0.15) is 20.8 Å². The van der Waals surface area contributed by atoms with Crippen LogP contribution in [0.15, 0.2) is 11.1 Å². The second-order valence-electron chi connectivity index (χ2n) is 4.15. The number of allylic oxidation sites excluding steroid dienone is 2. The number of alkyl halides is 3. The van der Waals surface area contributed by atoms with Gasteiger partial charge in [0.1, 0.15) is 5.03 Å². The molecule has 0 bridgehead atoms. The van der Waals surface area contributed by atoms with Crippen LogP contribution in [0, 0.1) is 17.3 Å². The molecule has 0 nitrogen and oxygen atoms in total. The van der Waals surface area contributed by atoms with Gasteiger partial charge in [0.2, 0.25) is 0 Å². The first kappa shape index (κ1) is 10.9. The van der Waals surface area contributed by atoms with Gasteiger partial charge in [-0.2, -0.15) is 13.2 Å². The van der Waals surface area contributed by atoms with E-state index in [1.54, 1.807) is 0 Å². The molecule has 2 atom stereocenters. The Morgan fingerprint density at radius 2 is 1.77 bits per heavy atom. The molecule has 1 fully saturated rings. The fourth-order valence-electron chi connectivity index (χ4n) is 1.55. The summed E-state index contributed by atoms with van der Waals surface area (Å²) in [6.45, 7) is 5.82. The van der Waals surface area contributed by atoms with Gasteiger partial charge in [-0.15, -0.1) is 0 Å². The molecule has 2 unspecified atom stereocenters. The Morgan fingerprint density at radius 3 is 2.00 bits per heavy atom. The Labute approximate surface area is 80.8 Å². The SMILES string of the molecule is CC1C(C=C(Cl)C(F)(F)F)C1(C)C. The van der Waals surface area contributed by atoms with E-state index in [0.29, 0.717) is 0 Å². The van der Waals surface area contributed by atoms with E-state index in [-0.39, 0.29) is 17.3 Å². The molecule has 0 spiro atoms. The lowest BCUT2D eigenvalue weighted by molar-refractivity contribution is -0.0848. The quantitative estimate of drug-likeness (QED) is 0.617. The highest BCUT2D eigenvalue weighted by molar-refractivity contribution is 6.30. The molecular weight excluding hydrogens is 201 g/mol. The van der Waals surface area contributed by atoms with Crippen LogP contribution in [0.25, 0.3) is 0 Å². The van der Waals surface area contributed by atoms with Crippen LogP contribution in [0.5, 0.6) is 0 Å². The molecule has 0 saturated heterocycles. The van der Waals surface area contributed by atoms with Crippen molar-refractivity contribution in [1.29, 1.82) is 0 Å². The lowest BCUT2D eigenvalue weighted by atomic mass is 10.1. The van der Waals surface area contributed by atoms with Gasteiger partial charge in [-0.3, -0.25) is 0 Å². The molecule has 0 aromatic heterocycles. The van der Waals surface area contributed by atoms with Gasteiger partial charge in [-0.1, -0.05) is 38.4 Å². The van der Waals surface area contributed by atoms with Crippen LogP contribution in [0.2, 0.25) is 0 Å². The summed E-state index contributed by atoms with van der Waals surface area (Å²) in [7, 11) is 0. The maximum Gasteiger partial charge on any atom is 0.426 e. The third-order valence-electron chi connectivity index (χ3n) is 3.06. The summed E-state index contributed by atoms with van der Waals surface area (Å²) in [5.74, 6) is 0.241. The molecule has 1 aliphatic carbocycles. The molecule has 1 rings (SSSR count). The maximum atomic E-state index is 12.0. The van der Waals surface area contributed by atoms with Crippen molar-refractivity contribution in [2.45, 2.75) is 26.9 Å².